The number of amides is 1. The highest BCUT2D eigenvalue weighted by Gasteiger charge is 2.69. The molecule has 4 heteroatoms. The van der Waals surface area contributed by atoms with Crippen molar-refractivity contribution in [3.63, 3.8) is 0 Å². The summed E-state index contributed by atoms with van der Waals surface area (Å²) in [5, 5.41) is 3.76. The van der Waals surface area contributed by atoms with Gasteiger partial charge in [0.05, 0.1) is 0 Å². The highest BCUT2D eigenvalue weighted by Crippen LogP contribution is 2.64. The van der Waals surface area contributed by atoms with Gasteiger partial charge in [0.2, 0.25) is 0 Å². The summed E-state index contributed by atoms with van der Waals surface area (Å²) in [6.07, 6.45) is 6.01. The zero-order chi connectivity index (χ0) is 17.9. The van der Waals surface area contributed by atoms with Crippen LogP contribution >= 0.6 is 0 Å². The minimum absolute atomic E-state index is 0.0967. The van der Waals surface area contributed by atoms with Crippen LogP contribution in [0.1, 0.15) is 52.0 Å². The van der Waals surface area contributed by atoms with Crippen LogP contribution in [0.5, 0.6) is 0 Å². The third-order valence-corrected chi connectivity index (χ3v) is 6.26. The first kappa shape index (κ1) is 16.5. The fourth-order valence-electron chi connectivity index (χ4n) is 5.49. The number of hydrogen-bond donors (Lipinski definition) is 1. The summed E-state index contributed by atoms with van der Waals surface area (Å²) in [4.78, 5) is 15.0. The fourth-order valence-corrected chi connectivity index (χ4v) is 5.49. The number of rotatable bonds is 1. The quantitative estimate of drug-likeness (QED) is 0.755. The first-order valence-corrected chi connectivity index (χ1v) is 9.35. The molecule has 3 atom stereocenters. The zero-order valence-corrected chi connectivity index (χ0v) is 15.5. The molecule has 1 aliphatic carbocycles. The number of benzene rings is 1. The van der Waals surface area contributed by atoms with E-state index in [-0.39, 0.29) is 11.5 Å². The van der Waals surface area contributed by atoms with Crippen molar-refractivity contribution in [1.82, 2.24) is 4.90 Å². The largest absolute Gasteiger partial charge is 0.444 e. The van der Waals surface area contributed by atoms with Crippen molar-refractivity contribution in [3.05, 3.63) is 42.5 Å². The SMILES string of the molecule is C=CC1CCC[C@@]23Nc4ccccc4[C@@]12CCN3C(=O)OC(C)(C)C. The van der Waals surface area contributed by atoms with Crippen LogP contribution in [-0.4, -0.2) is 28.8 Å². The van der Waals surface area contributed by atoms with Gasteiger partial charge in [-0.1, -0.05) is 24.3 Å². The average Bonchev–Trinajstić information content (AvgIpc) is 3.03. The van der Waals surface area contributed by atoms with E-state index < -0.39 is 11.3 Å². The summed E-state index contributed by atoms with van der Waals surface area (Å²) in [5.41, 5.74) is 1.52. The van der Waals surface area contributed by atoms with E-state index in [1.807, 2.05) is 25.7 Å². The van der Waals surface area contributed by atoms with Gasteiger partial charge in [0.15, 0.2) is 0 Å². The van der Waals surface area contributed by atoms with Crippen LogP contribution in [0.4, 0.5) is 10.5 Å². The molecule has 0 aromatic heterocycles. The second-order valence-electron chi connectivity index (χ2n) is 8.62. The molecule has 0 bridgehead atoms. The number of ether oxygens (including phenoxy) is 1. The zero-order valence-electron chi connectivity index (χ0n) is 15.5. The first-order valence-electron chi connectivity index (χ1n) is 9.35. The number of anilines is 1. The van der Waals surface area contributed by atoms with Gasteiger partial charge in [-0.05, 0) is 64.0 Å². The van der Waals surface area contributed by atoms with Crippen LogP contribution < -0.4 is 5.32 Å². The van der Waals surface area contributed by atoms with E-state index in [4.69, 9.17) is 4.74 Å². The van der Waals surface area contributed by atoms with Gasteiger partial charge in [-0.15, -0.1) is 6.58 Å². The smallest absolute Gasteiger partial charge is 0.412 e. The molecule has 4 nitrogen and oxygen atoms in total. The van der Waals surface area contributed by atoms with Gasteiger partial charge in [-0.2, -0.15) is 0 Å². The number of fused-ring (bicyclic) bond motifs is 1. The molecular formula is C21H28N2O2. The molecule has 1 aromatic rings. The van der Waals surface area contributed by atoms with Gasteiger partial charge in [-0.25, -0.2) is 4.79 Å². The third-order valence-electron chi connectivity index (χ3n) is 6.26. The maximum Gasteiger partial charge on any atom is 0.412 e. The molecule has 1 aromatic carbocycles. The van der Waals surface area contributed by atoms with Crippen molar-refractivity contribution in [2.24, 2.45) is 5.92 Å². The number of nitrogens with one attached hydrogen (secondary N) is 1. The minimum Gasteiger partial charge on any atom is -0.444 e. The molecule has 3 aliphatic rings. The molecule has 134 valence electrons. The number of carbonyl (C=O) groups excluding carboxylic acids is 1. The van der Waals surface area contributed by atoms with E-state index in [0.717, 1.165) is 37.9 Å². The van der Waals surface area contributed by atoms with E-state index in [9.17, 15) is 4.79 Å². The maximum absolute atomic E-state index is 13.0. The molecule has 2 aliphatic heterocycles. The van der Waals surface area contributed by atoms with Gasteiger partial charge in [0.1, 0.15) is 11.3 Å². The Bertz CT molecular complexity index is 723. The Morgan fingerprint density at radius 3 is 2.84 bits per heavy atom. The van der Waals surface area contributed by atoms with Crippen LogP contribution in [0.25, 0.3) is 0 Å². The summed E-state index contributed by atoms with van der Waals surface area (Å²) in [6.45, 7) is 10.6. The molecule has 2 heterocycles. The lowest BCUT2D eigenvalue weighted by molar-refractivity contribution is -0.00639. The number of hydrogen-bond acceptors (Lipinski definition) is 3. The third kappa shape index (κ3) is 2.09. The Balaban J connectivity index is 1.83. The number of likely N-dealkylation sites (tertiary alicyclic amines) is 1. The van der Waals surface area contributed by atoms with E-state index in [0.29, 0.717) is 5.92 Å². The molecule has 0 radical (unpaired) electrons. The van der Waals surface area contributed by atoms with Gasteiger partial charge >= 0.3 is 6.09 Å². The molecule has 0 spiro atoms. The second-order valence-corrected chi connectivity index (χ2v) is 8.62. The van der Waals surface area contributed by atoms with Crippen molar-refractivity contribution in [2.75, 3.05) is 11.9 Å². The van der Waals surface area contributed by atoms with Crippen molar-refractivity contribution >= 4 is 11.8 Å². The predicted octanol–water partition coefficient (Wildman–Crippen LogP) is 4.67. The topological polar surface area (TPSA) is 41.6 Å². The summed E-state index contributed by atoms with van der Waals surface area (Å²) in [6, 6.07) is 8.53. The van der Waals surface area contributed by atoms with E-state index in [1.54, 1.807) is 0 Å². The van der Waals surface area contributed by atoms with E-state index in [2.05, 4.69) is 42.2 Å². The molecule has 1 amide bonds. The number of allylic oxidation sites excluding steroid dienone is 1. The molecule has 1 saturated carbocycles. The van der Waals surface area contributed by atoms with E-state index >= 15 is 0 Å². The van der Waals surface area contributed by atoms with E-state index in [1.165, 1.54) is 5.56 Å². The molecule has 2 fully saturated rings. The second kappa shape index (κ2) is 5.26. The van der Waals surface area contributed by atoms with Gasteiger partial charge in [0.25, 0.3) is 0 Å². The summed E-state index contributed by atoms with van der Waals surface area (Å²) in [7, 11) is 0. The van der Waals surface area contributed by atoms with Gasteiger partial charge in [-0.3, -0.25) is 4.90 Å². The Kier molecular flexibility index (Phi) is 3.47. The maximum atomic E-state index is 13.0. The van der Waals surface area contributed by atoms with Crippen molar-refractivity contribution in [3.8, 4) is 0 Å². The summed E-state index contributed by atoms with van der Waals surface area (Å²) >= 11 is 0. The molecular weight excluding hydrogens is 312 g/mol. The standard InChI is InChI=1S/C21H28N2O2/c1-5-15-9-8-12-21-20(15,16-10-6-7-11-17(16)22-21)13-14-23(21)18(24)25-19(2,3)4/h5-7,10-11,15,22H,1,8-9,12-14H2,2-4H3/t15?,20-,21+/m1/s1. The highest BCUT2D eigenvalue weighted by molar-refractivity contribution is 5.76. The first-order chi connectivity index (χ1) is 11.8. The van der Waals surface area contributed by atoms with Crippen molar-refractivity contribution in [2.45, 2.75) is 63.1 Å². The van der Waals surface area contributed by atoms with Crippen LogP contribution in [-0.2, 0) is 10.2 Å². The Morgan fingerprint density at radius 1 is 1.36 bits per heavy atom. The Labute approximate surface area is 150 Å². The number of para-hydroxylation sites is 1. The molecule has 1 N–H and O–H groups in total. The lowest BCUT2D eigenvalue weighted by Crippen LogP contribution is -2.63. The predicted molar refractivity (Wildman–Crippen MR) is 99.6 cm³/mol. The summed E-state index contributed by atoms with van der Waals surface area (Å²) < 4.78 is 5.76. The Morgan fingerprint density at radius 2 is 2.12 bits per heavy atom. The molecule has 1 unspecified atom stereocenters. The molecule has 25 heavy (non-hydrogen) atoms. The van der Waals surface area contributed by atoms with Crippen LogP contribution in [0.15, 0.2) is 36.9 Å². The van der Waals surface area contributed by atoms with Crippen LogP contribution in [0, 0.1) is 5.92 Å². The van der Waals surface area contributed by atoms with Gasteiger partial charge < -0.3 is 10.1 Å². The monoisotopic (exact) mass is 340 g/mol. The molecule has 1 saturated heterocycles. The normalized spacial score (nSPS) is 33.1. The fraction of sp³-hybridized carbons (Fsp3) is 0.571. The number of carbonyl (C=O) groups is 1. The van der Waals surface area contributed by atoms with Gasteiger partial charge in [0, 0.05) is 17.6 Å². The number of nitrogens with zero attached hydrogens (tertiary/aromatic N) is 1. The van der Waals surface area contributed by atoms with Crippen molar-refractivity contribution in [1.29, 1.82) is 0 Å². The highest BCUT2D eigenvalue weighted by atomic mass is 16.6. The minimum atomic E-state index is -0.489. The Hall–Kier alpha value is -1.97. The average molecular weight is 340 g/mol. The summed E-state index contributed by atoms with van der Waals surface area (Å²) in [5.74, 6) is 0.366. The molecule has 4 rings (SSSR count). The van der Waals surface area contributed by atoms with Crippen LogP contribution in [0.2, 0.25) is 0 Å². The lowest BCUT2D eigenvalue weighted by atomic mass is 9.58. The van der Waals surface area contributed by atoms with Crippen molar-refractivity contribution < 1.29 is 9.53 Å². The van der Waals surface area contributed by atoms with Crippen LogP contribution in [0.3, 0.4) is 0 Å². The lowest BCUT2D eigenvalue weighted by Gasteiger charge is -2.51.